The molecule has 7 heteroatoms. The second-order valence-corrected chi connectivity index (χ2v) is 5.05. The van der Waals surface area contributed by atoms with E-state index in [4.69, 9.17) is 35.4 Å². The lowest BCUT2D eigenvalue weighted by Crippen LogP contribution is -2.19. The Bertz CT molecular complexity index is 609. The van der Waals surface area contributed by atoms with Gasteiger partial charge < -0.3 is 10.6 Å². The summed E-state index contributed by atoms with van der Waals surface area (Å²) in [7, 11) is 0. The van der Waals surface area contributed by atoms with Gasteiger partial charge >= 0.3 is 0 Å². The summed E-state index contributed by atoms with van der Waals surface area (Å²) < 4.78 is 25.8. The first-order valence-electron chi connectivity index (χ1n) is 5.44. The maximum atomic E-state index is 12.9. The fourth-order valence-electron chi connectivity index (χ4n) is 1.46. The lowest BCUT2D eigenvalue weighted by Gasteiger charge is -2.12. The molecule has 2 N–H and O–H groups in total. The number of hydrogen-bond acceptors (Lipinski definition) is 1. The molecular weight excluding hydrogens is 325 g/mol. The van der Waals surface area contributed by atoms with E-state index < -0.39 is 11.6 Å². The Morgan fingerprint density at radius 2 is 1.25 bits per heavy atom. The minimum Gasteiger partial charge on any atom is -0.331 e. The Morgan fingerprint density at radius 1 is 0.850 bits per heavy atom. The molecule has 0 bridgehead atoms. The zero-order valence-electron chi connectivity index (χ0n) is 9.88. The highest BCUT2D eigenvalue weighted by atomic mass is 35.5. The summed E-state index contributed by atoms with van der Waals surface area (Å²) in [6.45, 7) is 0. The predicted molar refractivity (Wildman–Crippen MR) is 82.7 cm³/mol. The molecule has 104 valence electrons. The van der Waals surface area contributed by atoms with Crippen molar-refractivity contribution in [2.75, 3.05) is 10.6 Å². The molecule has 0 amide bonds. The standard InChI is InChI=1S/C13H8Cl2F2N2S/c14-9-5-7(16)1-3-11(9)18-13(20)19-12-4-2-8(17)6-10(12)15/h1-6H,(H2,18,19,20). The van der Waals surface area contributed by atoms with Crippen molar-refractivity contribution >= 4 is 51.9 Å². The monoisotopic (exact) mass is 332 g/mol. The molecule has 2 aromatic rings. The number of thiocarbonyl (C=S) groups is 1. The molecule has 2 rings (SSSR count). The highest BCUT2D eigenvalue weighted by molar-refractivity contribution is 7.80. The Kier molecular flexibility index (Phi) is 4.75. The van der Waals surface area contributed by atoms with Gasteiger partial charge in [-0.2, -0.15) is 0 Å². The second kappa shape index (κ2) is 6.35. The van der Waals surface area contributed by atoms with Crippen molar-refractivity contribution in [3.8, 4) is 0 Å². The highest BCUT2D eigenvalue weighted by Gasteiger charge is 2.07. The zero-order chi connectivity index (χ0) is 14.7. The molecule has 0 radical (unpaired) electrons. The molecule has 0 saturated carbocycles. The average molecular weight is 333 g/mol. The van der Waals surface area contributed by atoms with E-state index in [-0.39, 0.29) is 15.2 Å². The van der Waals surface area contributed by atoms with E-state index in [1.54, 1.807) is 0 Å². The van der Waals surface area contributed by atoms with Gasteiger partial charge in [0.15, 0.2) is 5.11 Å². The normalized spacial score (nSPS) is 10.2. The molecule has 0 atom stereocenters. The molecule has 0 heterocycles. The SMILES string of the molecule is Fc1ccc(NC(=S)Nc2ccc(F)cc2Cl)c(Cl)c1. The molecule has 0 spiro atoms. The van der Waals surface area contributed by atoms with Gasteiger partial charge in [0.1, 0.15) is 11.6 Å². The maximum Gasteiger partial charge on any atom is 0.175 e. The van der Waals surface area contributed by atoms with Gasteiger partial charge in [0.05, 0.1) is 21.4 Å². The van der Waals surface area contributed by atoms with Crippen LogP contribution in [0.5, 0.6) is 0 Å². The predicted octanol–water partition coefficient (Wildman–Crippen LogP) is 5.08. The summed E-state index contributed by atoms with van der Waals surface area (Å²) in [6.07, 6.45) is 0. The number of anilines is 2. The molecule has 20 heavy (non-hydrogen) atoms. The molecule has 2 aromatic carbocycles. The topological polar surface area (TPSA) is 24.1 Å². The number of benzene rings is 2. The van der Waals surface area contributed by atoms with Gasteiger partial charge in [-0.3, -0.25) is 0 Å². The van der Waals surface area contributed by atoms with Crippen molar-refractivity contribution in [2.24, 2.45) is 0 Å². The van der Waals surface area contributed by atoms with Gasteiger partial charge in [0.2, 0.25) is 0 Å². The Hall–Kier alpha value is -1.43. The molecule has 0 aliphatic carbocycles. The van der Waals surface area contributed by atoms with Crippen LogP contribution in [0.4, 0.5) is 20.2 Å². The summed E-state index contributed by atoms with van der Waals surface area (Å²) in [5.74, 6) is -0.887. The molecule has 0 aliphatic rings. The molecule has 0 aromatic heterocycles. The van der Waals surface area contributed by atoms with E-state index in [2.05, 4.69) is 10.6 Å². The van der Waals surface area contributed by atoms with Gasteiger partial charge in [0.25, 0.3) is 0 Å². The third-order valence-corrected chi connectivity index (χ3v) is 3.19. The molecule has 2 nitrogen and oxygen atoms in total. The summed E-state index contributed by atoms with van der Waals surface area (Å²) in [5, 5.41) is 6.18. The van der Waals surface area contributed by atoms with Gasteiger partial charge in [0, 0.05) is 0 Å². The van der Waals surface area contributed by atoms with E-state index in [0.29, 0.717) is 11.4 Å². The van der Waals surface area contributed by atoms with Crippen LogP contribution >= 0.6 is 35.4 Å². The Morgan fingerprint density at radius 3 is 1.60 bits per heavy atom. The van der Waals surface area contributed by atoms with E-state index in [9.17, 15) is 8.78 Å². The first kappa shape index (κ1) is 15.0. The van der Waals surface area contributed by atoms with Crippen LogP contribution in [0.15, 0.2) is 36.4 Å². The fourth-order valence-corrected chi connectivity index (χ4v) is 2.11. The van der Waals surface area contributed by atoms with Crippen LogP contribution in [0, 0.1) is 11.6 Å². The van der Waals surface area contributed by atoms with E-state index in [0.717, 1.165) is 12.1 Å². The highest BCUT2D eigenvalue weighted by Crippen LogP contribution is 2.25. The zero-order valence-corrected chi connectivity index (χ0v) is 12.2. The smallest absolute Gasteiger partial charge is 0.175 e. The van der Waals surface area contributed by atoms with E-state index >= 15 is 0 Å². The Labute approximate surface area is 129 Å². The van der Waals surface area contributed by atoms with E-state index in [1.165, 1.54) is 24.3 Å². The molecule has 0 aliphatic heterocycles. The van der Waals surface area contributed by atoms with Crippen molar-refractivity contribution < 1.29 is 8.78 Å². The van der Waals surface area contributed by atoms with Crippen LogP contribution < -0.4 is 10.6 Å². The first-order chi connectivity index (χ1) is 9.45. The van der Waals surface area contributed by atoms with Crippen LogP contribution in [0.25, 0.3) is 0 Å². The maximum absolute atomic E-state index is 12.9. The third-order valence-electron chi connectivity index (χ3n) is 2.36. The van der Waals surface area contributed by atoms with Crippen molar-refractivity contribution in [3.05, 3.63) is 58.1 Å². The quantitative estimate of drug-likeness (QED) is 0.750. The lowest BCUT2D eigenvalue weighted by molar-refractivity contribution is 0.628. The number of nitrogens with one attached hydrogen (secondary N) is 2. The molecule has 0 saturated heterocycles. The molecule has 0 unspecified atom stereocenters. The number of hydrogen-bond donors (Lipinski definition) is 2. The van der Waals surface area contributed by atoms with Crippen LogP contribution in [0.2, 0.25) is 10.0 Å². The third kappa shape index (κ3) is 3.79. The van der Waals surface area contributed by atoms with Crippen molar-refractivity contribution in [2.45, 2.75) is 0 Å². The minimum atomic E-state index is -0.444. The second-order valence-electron chi connectivity index (χ2n) is 3.83. The first-order valence-corrected chi connectivity index (χ1v) is 6.60. The van der Waals surface area contributed by atoms with Gasteiger partial charge in [-0.15, -0.1) is 0 Å². The van der Waals surface area contributed by atoms with Crippen molar-refractivity contribution in [3.63, 3.8) is 0 Å². The molecular formula is C13H8Cl2F2N2S. The fraction of sp³-hybridized carbons (Fsp3) is 0. The minimum absolute atomic E-state index is 0.194. The average Bonchev–Trinajstić information content (AvgIpc) is 2.36. The van der Waals surface area contributed by atoms with Crippen LogP contribution in [-0.2, 0) is 0 Å². The van der Waals surface area contributed by atoms with Crippen molar-refractivity contribution in [1.82, 2.24) is 0 Å². The number of halogens is 4. The van der Waals surface area contributed by atoms with Crippen LogP contribution in [0.3, 0.4) is 0 Å². The van der Waals surface area contributed by atoms with Crippen molar-refractivity contribution in [1.29, 1.82) is 0 Å². The summed E-state index contributed by atoms with van der Waals surface area (Å²) in [6, 6.07) is 7.74. The summed E-state index contributed by atoms with van der Waals surface area (Å²) in [5.41, 5.74) is 0.896. The lowest BCUT2D eigenvalue weighted by atomic mass is 10.3. The van der Waals surface area contributed by atoms with E-state index in [1.807, 2.05) is 0 Å². The largest absolute Gasteiger partial charge is 0.331 e. The van der Waals surface area contributed by atoms with Gasteiger partial charge in [-0.1, -0.05) is 23.2 Å². The summed E-state index contributed by atoms with van der Waals surface area (Å²) >= 11 is 16.8. The molecule has 0 fully saturated rings. The number of rotatable bonds is 2. The van der Waals surface area contributed by atoms with Crippen LogP contribution in [0.1, 0.15) is 0 Å². The summed E-state index contributed by atoms with van der Waals surface area (Å²) in [4.78, 5) is 0. The van der Waals surface area contributed by atoms with Gasteiger partial charge in [-0.05, 0) is 48.6 Å². The van der Waals surface area contributed by atoms with Gasteiger partial charge in [-0.25, -0.2) is 8.78 Å². The van der Waals surface area contributed by atoms with Crippen LogP contribution in [-0.4, -0.2) is 5.11 Å². The Balaban J connectivity index is 2.09.